The van der Waals surface area contributed by atoms with Crippen LogP contribution in [0.15, 0.2) is 53.2 Å². The lowest BCUT2D eigenvalue weighted by atomic mass is 9.92. The monoisotopic (exact) mass is 532 g/mol. The van der Waals surface area contributed by atoms with Crippen molar-refractivity contribution in [2.75, 3.05) is 26.2 Å². The van der Waals surface area contributed by atoms with Crippen LogP contribution in [0.25, 0.3) is 22.3 Å². The van der Waals surface area contributed by atoms with Gasteiger partial charge in [-0.2, -0.15) is 0 Å². The van der Waals surface area contributed by atoms with Gasteiger partial charge in [0.2, 0.25) is 11.8 Å². The summed E-state index contributed by atoms with van der Waals surface area (Å²) >= 11 is 0. The first-order chi connectivity index (χ1) is 19.0. The smallest absolute Gasteiger partial charge is 0.305 e. The molecule has 3 aromatic rings. The molecule has 2 aliphatic rings. The van der Waals surface area contributed by atoms with Gasteiger partial charge in [0.05, 0.1) is 18.4 Å². The zero-order valence-corrected chi connectivity index (χ0v) is 22.1. The van der Waals surface area contributed by atoms with Gasteiger partial charge in [0, 0.05) is 42.9 Å². The Hall–Kier alpha value is -3.72. The van der Waals surface area contributed by atoms with Crippen LogP contribution < -0.4 is 10.6 Å². The molecule has 0 bridgehead atoms. The third-order valence-corrected chi connectivity index (χ3v) is 7.94. The van der Waals surface area contributed by atoms with E-state index in [1.165, 1.54) is 0 Å². The van der Waals surface area contributed by atoms with E-state index in [9.17, 15) is 19.5 Å². The fourth-order valence-electron chi connectivity index (χ4n) is 5.70. The van der Waals surface area contributed by atoms with Gasteiger partial charge in [-0.1, -0.05) is 18.2 Å². The molecular weight excluding hydrogens is 496 g/mol. The highest BCUT2D eigenvalue weighted by atomic mass is 16.4. The van der Waals surface area contributed by atoms with Gasteiger partial charge in [0.15, 0.2) is 0 Å². The predicted molar refractivity (Wildman–Crippen MR) is 147 cm³/mol. The summed E-state index contributed by atoms with van der Waals surface area (Å²) in [5, 5.41) is 16.8. The van der Waals surface area contributed by atoms with Gasteiger partial charge < -0.3 is 25.1 Å². The van der Waals surface area contributed by atoms with Crippen molar-refractivity contribution in [1.82, 2.24) is 20.5 Å². The van der Waals surface area contributed by atoms with Crippen molar-refractivity contribution in [3.63, 3.8) is 0 Å². The second-order valence-corrected chi connectivity index (χ2v) is 10.7. The number of hydrogen-bond acceptors (Lipinski definition) is 6. The standard InChI is InChI=1S/C30H36N4O5/c35-28(8-7-20-9-11-31-12-10-20)34-13-3-5-22(19-34)30(38)33-25(16-29(36)37)23-14-24(18-32-17-23)27-15-21-4-1-2-6-26(21)39-27/h1-2,4,6,14-15,17-18,20,22,25,31H,3,5,7-13,16,19H2,(H,33,38)(H,36,37). The first-order valence-corrected chi connectivity index (χ1v) is 13.9. The first-order valence-electron chi connectivity index (χ1n) is 13.9. The Kier molecular flexibility index (Phi) is 8.56. The minimum atomic E-state index is -1.02. The van der Waals surface area contributed by atoms with Crippen LogP contribution in [0, 0.1) is 11.8 Å². The Morgan fingerprint density at radius 3 is 2.74 bits per heavy atom. The van der Waals surface area contributed by atoms with Crippen molar-refractivity contribution in [3.8, 4) is 11.3 Å². The fourth-order valence-corrected chi connectivity index (χ4v) is 5.70. The lowest BCUT2D eigenvalue weighted by molar-refractivity contribution is -0.138. The average molecular weight is 533 g/mol. The first kappa shape index (κ1) is 26.9. The Bertz CT molecular complexity index is 1280. The molecule has 0 saturated carbocycles. The number of benzene rings is 1. The predicted octanol–water partition coefficient (Wildman–Crippen LogP) is 4.15. The molecule has 0 radical (unpaired) electrons. The highest BCUT2D eigenvalue weighted by molar-refractivity contribution is 5.84. The molecule has 5 rings (SSSR count). The molecule has 3 N–H and O–H groups in total. The Balaban J connectivity index is 1.24. The van der Waals surface area contributed by atoms with E-state index in [0.717, 1.165) is 49.7 Å². The number of aliphatic carboxylic acids is 1. The molecule has 2 aliphatic heterocycles. The zero-order valence-electron chi connectivity index (χ0n) is 22.1. The molecule has 0 spiro atoms. The van der Waals surface area contributed by atoms with Gasteiger partial charge in [-0.25, -0.2) is 0 Å². The van der Waals surface area contributed by atoms with E-state index in [2.05, 4.69) is 15.6 Å². The van der Waals surface area contributed by atoms with E-state index >= 15 is 0 Å². The maximum absolute atomic E-state index is 13.3. The quantitative estimate of drug-likeness (QED) is 0.378. The van der Waals surface area contributed by atoms with Crippen LogP contribution in [-0.2, 0) is 14.4 Å². The molecule has 9 nitrogen and oxygen atoms in total. The van der Waals surface area contributed by atoms with E-state index in [-0.39, 0.29) is 24.2 Å². The van der Waals surface area contributed by atoms with Crippen LogP contribution >= 0.6 is 0 Å². The van der Waals surface area contributed by atoms with Crippen LogP contribution in [0.3, 0.4) is 0 Å². The minimum Gasteiger partial charge on any atom is -0.481 e. The number of fused-ring (bicyclic) bond motifs is 1. The number of nitrogens with one attached hydrogen (secondary N) is 2. The van der Waals surface area contributed by atoms with E-state index in [1.807, 2.05) is 41.3 Å². The largest absolute Gasteiger partial charge is 0.481 e. The number of piperidine rings is 2. The Morgan fingerprint density at radius 2 is 1.95 bits per heavy atom. The summed E-state index contributed by atoms with van der Waals surface area (Å²) in [5.41, 5.74) is 2.05. The molecule has 9 heteroatoms. The molecule has 0 aliphatic carbocycles. The SMILES string of the molecule is O=C(O)CC(NC(=O)C1CCCN(C(=O)CCC2CCNCC2)C1)c1cncc(-c2cc3ccccc3o2)c1. The highest BCUT2D eigenvalue weighted by Gasteiger charge is 2.31. The Morgan fingerprint density at radius 1 is 1.13 bits per heavy atom. The van der Waals surface area contributed by atoms with E-state index in [4.69, 9.17) is 4.42 Å². The topological polar surface area (TPSA) is 125 Å². The van der Waals surface area contributed by atoms with E-state index in [0.29, 0.717) is 48.7 Å². The van der Waals surface area contributed by atoms with Crippen LogP contribution in [0.5, 0.6) is 0 Å². The van der Waals surface area contributed by atoms with E-state index < -0.39 is 12.0 Å². The molecule has 206 valence electrons. The normalized spacial score (nSPS) is 19.1. The molecular formula is C30H36N4O5. The van der Waals surface area contributed by atoms with Gasteiger partial charge in [-0.15, -0.1) is 0 Å². The molecule has 2 saturated heterocycles. The van der Waals surface area contributed by atoms with Crippen molar-refractivity contribution in [1.29, 1.82) is 0 Å². The van der Waals surface area contributed by atoms with Crippen molar-refractivity contribution in [2.24, 2.45) is 11.8 Å². The van der Waals surface area contributed by atoms with Gasteiger partial charge >= 0.3 is 5.97 Å². The fraction of sp³-hybridized carbons (Fsp3) is 0.467. The number of carbonyl (C=O) groups is 3. The second-order valence-electron chi connectivity index (χ2n) is 10.7. The number of likely N-dealkylation sites (tertiary alicyclic amines) is 1. The third kappa shape index (κ3) is 6.84. The summed E-state index contributed by atoms with van der Waals surface area (Å²) in [4.78, 5) is 44.1. The molecule has 2 aromatic heterocycles. The van der Waals surface area contributed by atoms with E-state index in [1.54, 1.807) is 12.4 Å². The van der Waals surface area contributed by atoms with Crippen molar-refractivity contribution >= 4 is 28.8 Å². The Labute approximate surface area is 228 Å². The number of para-hydroxylation sites is 1. The summed E-state index contributed by atoms with van der Waals surface area (Å²) in [6.45, 7) is 3.06. The summed E-state index contributed by atoms with van der Waals surface area (Å²) < 4.78 is 5.95. The molecule has 39 heavy (non-hydrogen) atoms. The summed E-state index contributed by atoms with van der Waals surface area (Å²) in [7, 11) is 0. The molecule has 4 heterocycles. The molecule has 2 unspecified atom stereocenters. The van der Waals surface area contributed by atoms with Gasteiger partial charge in [-0.3, -0.25) is 19.4 Å². The van der Waals surface area contributed by atoms with Crippen molar-refractivity contribution in [3.05, 3.63) is 54.4 Å². The molecule has 2 amide bonds. The van der Waals surface area contributed by atoms with Crippen molar-refractivity contribution in [2.45, 2.75) is 51.0 Å². The lowest BCUT2D eigenvalue weighted by Crippen LogP contribution is -2.46. The molecule has 2 fully saturated rings. The van der Waals surface area contributed by atoms with Crippen LogP contribution in [0.1, 0.15) is 56.6 Å². The number of rotatable bonds is 9. The summed E-state index contributed by atoms with van der Waals surface area (Å²) in [6.07, 6.45) is 8.01. The van der Waals surface area contributed by atoms with Gasteiger partial charge in [0.1, 0.15) is 11.3 Å². The number of furan rings is 1. The third-order valence-electron chi connectivity index (χ3n) is 7.94. The maximum atomic E-state index is 13.3. The van der Waals surface area contributed by atoms with Crippen LogP contribution in [0.4, 0.5) is 0 Å². The summed E-state index contributed by atoms with van der Waals surface area (Å²) in [6, 6.07) is 10.7. The number of nitrogens with zero attached hydrogens (tertiary/aromatic N) is 2. The lowest BCUT2D eigenvalue weighted by Gasteiger charge is -2.33. The van der Waals surface area contributed by atoms with Crippen LogP contribution in [0.2, 0.25) is 0 Å². The number of carboxylic acid groups (broad SMARTS) is 1. The van der Waals surface area contributed by atoms with Gasteiger partial charge in [-0.05, 0) is 74.9 Å². The van der Waals surface area contributed by atoms with Crippen molar-refractivity contribution < 1.29 is 23.9 Å². The summed E-state index contributed by atoms with van der Waals surface area (Å²) in [5.74, 6) is -0.309. The second kappa shape index (κ2) is 12.4. The molecule has 2 atom stereocenters. The number of carbonyl (C=O) groups excluding carboxylic acids is 2. The minimum absolute atomic E-state index is 0.107. The number of hydrogen-bond donors (Lipinski definition) is 3. The number of carboxylic acids is 1. The highest BCUT2D eigenvalue weighted by Crippen LogP contribution is 2.30. The number of amides is 2. The number of aromatic nitrogens is 1. The van der Waals surface area contributed by atoms with Gasteiger partial charge in [0.25, 0.3) is 0 Å². The zero-order chi connectivity index (χ0) is 27.2. The van der Waals surface area contributed by atoms with Crippen LogP contribution in [-0.4, -0.2) is 59.0 Å². The maximum Gasteiger partial charge on any atom is 0.305 e. The average Bonchev–Trinajstić information content (AvgIpc) is 3.40. The molecule has 1 aromatic carbocycles. The number of pyridine rings is 1.